The van der Waals surface area contributed by atoms with E-state index >= 15 is 0 Å². The molecule has 4 heterocycles. The highest BCUT2D eigenvalue weighted by Gasteiger charge is 2.37. The summed E-state index contributed by atoms with van der Waals surface area (Å²) in [5, 5.41) is 16.2. The monoisotopic (exact) mass is 473 g/mol. The summed E-state index contributed by atoms with van der Waals surface area (Å²) in [6.07, 6.45) is 0.344. The van der Waals surface area contributed by atoms with Gasteiger partial charge in [-0.3, -0.25) is 0 Å². The summed E-state index contributed by atoms with van der Waals surface area (Å²) in [7, 11) is 0. The molecule has 0 spiro atoms. The smallest absolute Gasteiger partial charge is 0.350 e. The van der Waals surface area contributed by atoms with Crippen molar-refractivity contribution in [2.24, 2.45) is 0 Å². The topological polar surface area (TPSA) is 88.5 Å². The van der Waals surface area contributed by atoms with E-state index in [1.54, 1.807) is 18.2 Å². The molecular formula is C22H22F3N7S. The lowest BCUT2D eigenvalue weighted by Crippen LogP contribution is -2.43. The molecule has 0 amide bonds. The van der Waals surface area contributed by atoms with Crippen LogP contribution in [0.1, 0.15) is 47.3 Å². The molecule has 1 fully saturated rings. The number of pyridine rings is 1. The first-order chi connectivity index (χ1) is 15.8. The first kappa shape index (κ1) is 21.9. The molecule has 2 atom stereocenters. The molecule has 3 aromatic heterocycles. The molecule has 11 heteroatoms. The summed E-state index contributed by atoms with van der Waals surface area (Å²) in [5.41, 5.74) is 1.44. The van der Waals surface area contributed by atoms with E-state index in [1.165, 1.54) is 11.3 Å². The third-order valence-electron chi connectivity index (χ3n) is 5.85. The number of hydrogen-bond donors (Lipinski definition) is 2. The molecule has 0 aromatic carbocycles. The number of nitrogens with zero attached hydrogens (tertiary/aromatic N) is 5. The van der Waals surface area contributed by atoms with Gasteiger partial charge >= 0.3 is 6.18 Å². The lowest BCUT2D eigenvalue weighted by atomic mass is 10.0. The third-order valence-corrected chi connectivity index (χ3v) is 6.71. The summed E-state index contributed by atoms with van der Waals surface area (Å²) in [6, 6.07) is 4.04. The van der Waals surface area contributed by atoms with Gasteiger partial charge in [0.2, 0.25) is 5.95 Å². The second-order valence-electron chi connectivity index (χ2n) is 8.32. The third kappa shape index (κ3) is 4.47. The Bertz CT molecular complexity index is 1210. The van der Waals surface area contributed by atoms with Crippen LogP contribution >= 0.6 is 11.3 Å². The average Bonchev–Trinajstić information content (AvgIpc) is 3.40. The SMILES string of the molecule is Cc1nnc(-c2ccc3c(n2)CC=C3c2nc(N[C@@H]3CC[C@@H](C)NC3)ncc2C(F)(F)F)s1. The molecule has 2 N–H and O–H groups in total. The minimum atomic E-state index is -4.57. The van der Waals surface area contributed by atoms with Gasteiger partial charge in [0, 0.05) is 42.4 Å². The summed E-state index contributed by atoms with van der Waals surface area (Å²) in [6.45, 7) is 4.68. The van der Waals surface area contributed by atoms with Crippen molar-refractivity contribution in [3.05, 3.63) is 51.9 Å². The Morgan fingerprint density at radius 1 is 1.15 bits per heavy atom. The molecule has 1 aliphatic heterocycles. The van der Waals surface area contributed by atoms with Crippen molar-refractivity contribution in [3.8, 4) is 10.7 Å². The Hall–Kier alpha value is -2.92. The van der Waals surface area contributed by atoms with Crippen molar-refractivity contribution in [1.29, 1.82) is 0 Å². The molecule has 1 aliphatic carbocycles. The molecule has 0 unspecified atom stereocenters. The van der Waals surface area contributed by atoms with Crippen molar-refractivity contribution in [3.63, 3.8) is 0 Å². The number of alkyl halides is 3. The van der Waals surface area contributed by atoms with Gasteiger partial charge in [-0.15, -0.1) is 10.2 Å². The van der Waals surface area contributed by atoms with Crippen molar-refractivity contribution >= 4 is 22.9 Å². The fourth-order valence-electron chi connectivity index (χ4n) is 4.12. The van der Waals surface area contributed by atoms with Gasteiger partial charge in [-0.05, 0) is 32.8 Å². The van der Waals surface area contributed by atoms with Crippen molar-refractivity contribution in [1.82, 2.24) is 30.5 Å². The van der Waals surface area contributed by atoms with E-state index in [1.807, 2.05) is 6.92 Å². The number of nitrogens with one attached hydrogen (secondary N) is 2. The minimum absolute atomic E-state index is 0.0650. The molecular weight excluding hydrogens is 451 g/mol. The maximum atomic E-state index is 13.8. The van der Waals surface area contributed by atoms with Gasteiger partial charge in [-0.1, -0.05) is 23.5 Å². The zero-order valence-electron chi connectivity index (χ0n) is 18.1. The largest absolute Gasteiger partial charge is 0.419 e. The van der Waals surface area contributed by atoms with E-state index in [-0.39, 0.29) is 17.7 Å². The Labute approximate surface area is 192 Å². The normalized spacial score (nSPS) is 20.5. The van der Waals surface area contributed by atoms with Crippen LogP contribution in [0.25, 0.3) is 16.3 Å². The molecule has 33 heavy (non-hydrogen) atoms. The number of rotatable bonds is 4. The lowest BCUT2D eigenvalue weighted by Gasteiger charge is -2.28. The van der Waals surface area contributed by atoms with E-state index in [9.17, 15) is 13.2 Å². The fourth-order valence-corrected chi connectivity index (χ4v) is 4.78. The summed E-state index contributed by atoms with van der Waals surface area (Å²) < 4.78 is 41.5. The van der Waals surface area contributed by atoms with Crippen LogP contribution in [0.3, 0.4) is 0 Å². The number of allylic oxidation sites excluding steroid dienone is 1. The summed E-state index contributed by atoms with van der Waals surface area (Å²) in [5.74, 6) is 0.197. The van der Waals surface area contributed by atoms with Crippen LogP contribution in [-0.2, 0) is 12.6 Å². The standard InChI is InChI=1S/C22H22F3N7S/c1-11-3-4-13(9-26-11)28-21-27-10-16(22(23,24)25)19(30-21)15-6-7-17-14(15)5-8-18(29-17)20-32-31-12(2)33-20/h5-6,8,10-11,13,26H,3-4,7,9H2,1-2H3,(H,27,28,30)/t11-,13-/m1/s1. The lowest BCUT2D eigenvalue weighted by molar-refractivity contribution is -0.138. The zero-order valence-corrected chi connectivity index (χ0v) is 18.9. The van der Waals surface area contributed by atoms with E-state index in [4.69, 9.17) is 0 Å². The van der Waals surface area contributed by atoms with Crippen LogP contribution in [0.2, 0.25) is 0 Å². The Balaban J connectivity index is 1.48. The number of piperidine rings is 1. The van der Waals surface area contributed by atoms with E-state index in [0.717, 1.165) is 24.0 Å². The Morgan fingerprint density at radius 3 is 2.70 bits per heavy atom. The van der Waals surface area contributed by atoms with Gasteiger partial charge < -0.3 is 10.6 Å². The summed E-state index contributed by atoms with van der Waals surface area (Å²) in [4.78, 5) is 12.9. The quantitative estimate of drug-likeness (QED) is 0.585. The van der Waals surface area contributed by atoms with Crippen molar-refractivity contribution in [2.45, 2.75) is 51.4 Å². The van der Waals surface area contributed by atoms with Gasteiger partial charge in [-0.25, -0.2) is 15.0 Å². The minimum Gasteiger partial charge on any atom is -0.350 e. The highest BCUT2D eigenvalue weighted by Crippen LogP contribution is 2.40. The second-order valence-corrected chi connectivity index (χ2v) is 9.50. The molecule has 7 nitrogen and oxygen atoms in total. The van der Waals surface area contributed by atoms with Gasteiger partial charge in [-0.2, -0.15) is 13.2 Å². The van der Waals surface area contributed by atoms with Crippen LogP contribution < -0.4 is 10.6 Å². The Kier molecular flexibility index (Phi) is 5.61. The molecule has 3 aromatic rings. The van der Waals surface area contributed by atoms with Crippen LogP contribution in [0.4, 0.5) is 19.1 Å². The highest BCUT2D eigenvalue weighted by molar-refractivity contribution is 7.14. The van der Waals surface area contributed by atoms with Crippen molar-refractivity contribution < 1.29 is 13.2 Å². The number of fused-ring (bicyclic) bond motifs is 1. The molecule has 0 saturated carbocycles. The van der Waals surface area contributed by atoms with Crippen LogP contribution in [-0.4, -0.2) is 43.8 Å². The zero-order chi connectivity index (χ0) is 23.2. The maximum absolute atomic E-state index is 13.8. The van der Waals surface area contributed by atoms with Gasteiger partial charge in [0.25, 0.3) is 0 Å². The first-order valence-corrected chi connectivity index (χ1v) is 11.5. The first-order valence-electron chi connectivity index (χ1n) is 10.7. The molecule has 0 bridgehead atoms. The predicted octanol–water partition coefficient (Wildman–Crippen LogP) is 4.26. The molecule has 2 aliphatic rings. The van der Waals surface area contributed by atoms with Crippen LogP contribution in [0, 0.1) is 6.92 Å². The van der Waals surface area contributed by atoms with Crippen LogP contribution in [0.5, 0.6) is 0 Å². The van der Waals surface area contributed by atoms with E-state index in [2.05, 4.69) is 42.7 Å². The summed E-state index contributed by atoms with van der Waals surface area (Å²) >= 11 is 1.42. The number of halogens is 3. The number of aryl methyl sites for hydroxylation is 1. The number of aromatic nitrogens is 5. The average molecular weight is 474 g/mol. The van der Waals surface area contributed by atoms with Crippen molar-refractivity contribution in [2.75, 3.05) is 11.9 Å². The van der Waals surface area contributed by atoms with Crippen LogP contribution in [0.15, 0.2) is 24.4 Å². The molecule has 0 radical (unpaired) electrons. The molecule has 1 saturated heterocycles. The van der Waals surface area contributed by atoms with Gasteiger partial charge in [0.05, 0.1) is 11.4 Å². The predicted molar refractivity (Wildman–Crippen MR) is 120 cm³/mol. The van der Waals surface area contributed by atoms with E-state index < -0.39 is 11.7 Å². The fraction of sp³-hybridized carbons (Fsp3) is 0.409. The number of anilines is 1. The maximum Gasteiger partial charge on any atom is 0.419 e. The van der Waals surface area contributed by atoms with Gasteiger partial charge in [0.15, 0.2) is 5.01 Å². The second kappa shape index (κ2) is 8.45. The van der Waals surface area contributed by atoms with E-state index in [0.29, 0.717) is 46.5 Å². The Morgan fingerprint density at radius 2 is 2.00 bits per heavy atom. The molecule has 172 valence electrons. The molecule has 5 rings (SSSR count). The highest BCUT2D eigenvalue weighted by atomic mass is 32.1. The van der Waals surface area contributed by atoms with Gasteiger partial charge in [0.1, 0.15) is 16.3 Å². The number of hydrogen-bond acceptors (Lipinski definition) is 8.